The highest BCUT2D eigenvalue weighted by atomic mass is 32.2. The van der Waals surface area contributed by atoms with Crippen molar-refractivity contribution in [2.45, 2.75) is 38.5 Å². The van der Waals surface area contributed by atoms with E-state index in [0.717, 1.165) is 38.8 Å². The van der Waals surface area contributed by atoms with Crippen molar-refractivity contribution < 1.29 is 8.42 Å². The molecule has 4 nitrogen and oxygen atoms in total. The van der Waals surface area contributed by atoms with E-state index in [4.69, 9.17) is 0 Å². The molecule has 19 heavy (non-hydrogen) atoms. The van der Waals surface area contributed by atoms with E-state index in [1.165, 1.54) is 18.6 Å². The van der Waals surface area contributed by atoms with Crippen LogP contribution in [0.5, 0.6) is 0 Å². The molecule has 0 amide bonds. The Balaban J connectivity index is 2.06. The second-order valence-electron chi connectivity index (χ2n) is 5.28. The van der Waals surface area contributed by atoms with Gasteiger partial charge in [0.15, 0.2) is 0 Å². The summed E-state index contributed by atoms with van der Waals surface area (Å²) in [6.45, 7) is 2.51. The molecule has 1 heterocycles. The van der Waals surface area contributed by atoms with E-state index in [2.05, 4.69) is 16.3 Å². The minimum atomic E-state index is -3.06. The van der Waals surface area contributed by atoms with Gasteiger partial charge in [0.25, 0.3) is 0 Å². The molecule has 0 bridgehead atoms. The molecule has 0 aromatic rings. The molecule has 1 rings (SSSR count). The van der Waals surface area contributed by atoms with E-state index < -0.39 is 10.0 Å². The van der Waals surface area contributed by atoms with Gasteiger partial charge in [0.2, 0.25) is 10.0 Å². The summed E-state index contributed by atoms with van der Waals surface area (Å²) in [4.78, 5) is 0. The molecule has 1 fully saturated rings. The number of sulfonamides is 1. The fourth-order valence-corrected chi connectivity index (χ4v) is 4.39. The lowest BCUT2D eigenvalue weighted by Crippen LogP contribution is -2.35. The molecule has 0 radical (unpaired) electrons. The van der Waals surface area contributed by atoms with Crippen molar-refractivity contribution >= 4 is 21.8 Å². The molecule has 1 aliphatic rings. The van der Waals surface area contributed by atoms with E-state index in [1.54, 1.807) is 0 Å². The molecular formula is C13H28N2O2S2. The zero-order valence-corrected chi connectivity index (χ0v) is 13.6. The summed E-state index contributed by atoms with van der Waals surface area (Å²) in [7, 11) is -3.06. The monoisotopic (exact) mass is 308 g/mol. The summed E-state index contributed by atoms with van der Waals surface area (Å²) < 4.78 is 26.5. The lowest BCUT2D eigenvalue weighted by atomic mass is 10.0. The van der Waals surface area contributed by atoms with E-state index in [0.29, 0.717) is 18.2 Å². The molecule has 2 N–H and O–H groups in total. The molecule has 0 aromatic carbocycles. The van der Waals surface area contributed by atoms with Gasteiger partial charge in [-0.25, -0.2) is 13.1 Å². The Morgan fingerprint density at radius 2 is 1.84 bits per heavy atom. The quantitative estimate of drug-likeness (QED) is 0.605. The van der Waals surface area contributed by atoms with Crippen LogP contribution >= 0.6 is 11.8 Å². The summed E-state index contributed by atoms with van der Waals surface area (Å²) >= 11 is 1.87. The summed E-state index contributed by atoms with van der Waals surface area (Å²) in [6.07, 6.45) is 8.61. The van der Waals surface area contributed by atoms with Crippen LogP contribution in [0.2, 0.25) is 0 Å². The number of hydrogen-bond acceptors (Lipinski definition) is 4. The topological polar surface area (TPSA) is 58.2 Å². The van der Waals surface area contributed by atoms with Crippen molar-refractivity contribution in [2.75, 3.05) is 37.4 Å². The Kier molecular flexibility index (Phi) is 9.11. The van der Waals surface area contributed by atoms with Crippen LogP contribution in [-0.4, -0.2) is 45.8 Å². The third-order valence-corrected chi connectivity index (χ3v) is 5.76. The van der Waals surface area contributed by atoms with E-state index >= 15 is 0 Å². The van der Waals surface area contributed by atoms with E-state index in [1.807, 2.05) is 11.8 Å². The van der Waals surface area contributed by atoms with Crippen LogP contribution in [0.3, 0.4) is 0 Å². The maximum Gasteiger partial charge on any atom is 0.211 e. The number of rotatable bonds is 10. The molecule has 6 heteroatoms. The third kappa shape index (κ3) is 8.89. The fraction of sp³-hybridized carbons (Fsp3) is 1.00. The van der Waals surface area contributed by atoms with Crippen molar-refractivity contribution in [1.82, 2.24) is 10.0 Å². The van der Waals surface area contributed by atoms with Crippen LogP contribution in [-0.2, 0) is 10.0 Å². The Morgan fingerprint density at radius 3 is 2.53 bits per heavy atom. The minimum Gasteiger partial charge on any atom is -0.317 e. The summed E-state index contributed by atoms with van der Waals surface area (Å²) in [6, 6.07) is 0. The average molecular weight is 309 g/mol. The average Bonchev–Trinajstić information content (AvgIpc) is 2.38. The number of nitrogens with one attached hydrogen (secondary N) is 2. The SMILES string of the molecule is CSCCCCCCNS(=O)(=O)CC1CCNCC1. The Labute approximate surface area is 122 Å². The molecule has 0 unspecified atom stereocenters. The van der Waals surface area contributed by atoms with Gasteiger partial charge in [0, 0.05) is 6.54 Å². The summed E-state index contributed by atoms with van der Waals surface area (Å²) in [5.74, 6) is 1.85. The van der Waals surface area contributed by atoms with Gasteiger partial charge in [-0.2, -0.15) is 11.8 Å². The van der Waals surface area contributed by atoms with Gasteiger partial charge in [-0.05, 0) is 56.7 Å². The molecule has 0 spiro atoms. The van der Waals surface area contributed by atoms with Crippen molar-refractivity contribution in [3.8, 4) is 0 Å². The molecule has 1 aliphatic heterocycles. The third-order valence-electron chi connectivity index (χ3n) is 3.51. The van der Waals surface area contributed by atoms with Crippen LogP contribution in [0.1, 0.15) is 38.5 Å². The number of thioether (sulfide) groups is 1. The van der Waals surface area contributed by atoms with Crippen LogP contribution in [0.25, 0.3) is 0 Å². The predicted octanol–water partition coefficient (Wildman–Crippen LogP) is 1.83. The Hall–Kier alpha value is 0.220. The summed E-state index contributed by atoms with van der Waals surface area (Å²) in [5.41, 5.74) is 0. The maximum absolute atomic E-state index is 11.9. The van der Waals surface area contributed by atoms with Gasteiger partial charge < -0.3 is 5.32 Å². The fourth-order valence-electron chi connectivity index (χ4n) is 2.37. The van der Waals surface area contributed by atoms with Gasteiger partial charge in [-0.3, -0.25) is 0 Å². The zero-order valence-electron chi connectivity index (χ0n) is 12.0. The van der Waals surface area contributed by atoms with Crippen molar-refractivity contribution in [1.29, 1.82) is 0 Å². The maximum atomic E-state index is 11.9. The molecule has 0 atom stereocenters. The second kappa shape index (κ2) is 10.0. The number of hydrogen-bond donors (Lipinski definition) is 2. The van der Waals surface area contributed by atoms with Crippen molar-refractivity contribution in [3.63, 3.8) is 0 Å². The van der Waals surface area contributed by atoms with Gasteiger partial charge in [0.1, 0.15) is 0 Å². The first-order chi connectivity index (χ1) is 9.14. The highest BCUT2D eigenvalue weighted by Crippen LogP contribution is 2.13. The van der Waals surface area contributed by atoms with E-state index in [9.17, 15) is 8.42 Å². The molecule has 0 saturated carbocycles. The number of unbranched alkanes of at least 4 members (excludes halogenated alkanes) is 3. The predicted molar refractivity (Wildman–Crippen MR) is 84.2 cm³/mol. The second-order valence-corrected chi connectivity index (χ2v) is 8.11. The zero-order chi connectivity index (χ0) is 14.0. The van der Waals surface area contributed by atoms with Crippen molar-refractivity contribution in [2.24, 2.45) is 5.92 Å². The Morgan fingerprint density at radius 1 is 1.16 bits per heavy atom. The summed E-state index contributed by atoms with van der Waals surface area (Å²) in [5, 5.41) is 3.26. The van der Waals surface area contributed by atoms with Gasteiger partial charge in [0.05, 0.1) is 5.75 Å². The highest BCUT2D eigenvalue weighted by molar-refractivity contribution is 7.98. The van der Waals surface area contributed by atoms with Gasteiger partial charge >= 0.3 is 0 Å². The minimum absolute atomic E-state index is 0.307. The lowest BCUT2D eigenvalue weighted by Gasteiger charge is -2.22. The molecule has 1 saturated heterocycles. The normalized spacial score (nSPS) is 17.7. The van der Waals surface area contributed by atoms with Gasteiger partial charge in [-0.15, -0.1) is 0 Å². The number of piperidine rings is 1. The first-order valence-electron chi connectivity index (χ1n) is 7.31. The lowest BCUT2D eigenvalue weighted by molar-refractivity contribution is 0.400. The first kappa shape index (κ1) is 17.3. The molecule has 114 valence electrons. The van der Waals surface area contributed by atoms with Crippen LogP contribution in [0.15, 0.2) is 0 Å². The largest absolute Gasteiger partial charge is 0.317 e. The van der Waals surface area contributed by atoms with E-state index in [-0.39, 0.29) is 0 Å². The molecular weight excluding hydrogens is 280 g/mol. The molecule has 0 aliphatic carbocycles. The van der Waals surface area contributed by atoms with Crippen LogP contribution < -0.4 is 10.0 Å². The standard InChI is InChI=1S/C13H28N2O2S2/c1-18-11-5-3-2-4-8-15-19(16,17)12-13-6-9-14-10-7-13/h13-15H,2-12H2,1H3. The van der Waals surface area contributed by atoms with Gasteiger partial charge in [-0.1, -0.05) is 12.8 Å². The van der Waals surface area contributed by atoms with Crippen molar-refractivity contribution in [3.05, 3.63) is 0 Å². The molecule has 0 aromatic heterocycles. The highest BCUT2D eigenvalue weighted by Gasteiger charge is 2.20. The van der Waals surface area contributed by atoms with Crippen LogP contribution in [0, 0.1) is 5.92 Å². The first-order valence-corrected chi connectivity index (χ1v) is 10.4. The smallest absolute Gasteiger partial charge is 0.211 e. The van der Waals surface area contributed by atoms with Crippen LogP contribution in [0.4, 0.5) is 0 Å². The Bertz CT molecular complexity index is 315.